The Morgan fingerprint density at radius 1 is 0.583 bits per heavy atom. The Balaban J connectivity index is 3.36. The van der Waals surface area contributed by atoms with Gasteiger partial charge in [0.15, 0.2) is 0 Å². The van der Waals surface area contributed by atoms with E-state index in [2.05, 4.69) is 47.6 Å². The fourth-order valence-corrected chi connectivity index (χ4v) is 5.40. The largest absolute Gasteiger partial charge is 0.377 e. The van der Waals surface area contributed by atoms with Crippen LogP contribution in [0.3, 0.4) is 0 Å². The highest BCUT2D eigenvalue weighted by atomic mass is 16.5. The molecule has 0 amide bonds. The lowest BCUT2D eigenvalue weighted by Gasteiger charge is -2.18. The minimum Gasteiger partial charge on any atom is -0.377 e. The summed E-state index contributed by atoms with van der Waals surface area (Å²) in [7, 11) is 0. The average Bonchev–Trinajstić information content (AvgIpc) is 2.84. The van der Waals surface area contributed by atoms with Crippen LogP contribution in [0.2, 0.25) is 0 Å². The molecular formula is C35H70O. The number of allylic oxidation sites excluding steroid dienone is 1. The second kappa shape index (κ2) is 27.7. The zero-order valence-electron chi connectivity index (χ0n) is 26.2. The summed E-state index contributed by atoms with van der Waals surface area (Å²) in [6.07, 6.45) is 33.1. The lowest BCUT2D eigenvalue weighted by molar-refractivity contribution is 0.156. The third kappa shape index (κ3) is 28.3. The molecule has 0 unspecified atom stereocenters. The van der Waals surface area contributed by atoms with Crippen molar-refractivity contribution in [2.24, 2.45) is 17.8 Å². The van der Waals surface area contributed by atoms with Crippen molar-refractivity contribution in [2.75, 3.05) is 13.2 Å². The quantitative estimate of drug-likeness (QED) is 0.0757. The standard InChI is InChI=1S/C35H70O/c1-7-8-9-10-11-12-13-14-15-18-21-24-33(4)28-30-36-29-23-20-17-16-19-22-25-34(5)31-35(6)27-26-32(2)3/h28,32,34-35H,7-27,29-31H2,1-6H3/b33-28+/t34-,35+/m0/s1. The van der Waals surface area contributed by atoms with Crippen molar-refractivity contribution in [3.05, 3.63) is 11.6 Å². The summed E-state index contributed by atoms with van der Waals surface area (Å²) in [6, 6.07) is 0. The predicted molar refractivity (Wildman–Crippen MR) is 165 cm³/mol. The van der Waals surface area contributed by atoms with E-state index in [9.17, 15) is 0 Å². The lowest BCUT2D eigenvalue weighted by atomic mass is 9.88. The summed E-state index contributed by atoms with van der Waals surface area (Å²) in [5.41, 5.74) is 1.52. The summed E-state index contributed by atoms with van der Waals surface area (Å²) in [6.45, 7) is 16.0. The highest BCUT2D eigenvalue weighted by Gasteiger charge is 2.09. The van der Waals surface area contributed by atoms with Crippen LogP contribution in [-0.2, 0) is 4.74 Å². The molecule has 0 saturated heterocycles. The van der Waals surface area contributed by atoms with Crippen LogP contribution >= 0.6 is 0 Å². The Morgan fingerprint density at radius 2 is 1.08 bits per heavy atom. The SMILES string of the molecule is CCCCCCCCCCCCC/C(C)=C/COCCCCCCCC[C@H](C)C[C@H](C)CCC(C)C. The van der Waals surface area contributed by atoms with E-state index < -0.39 is 0 Å². The van der Waals surface area contributed by atoms with Gasteiger partial charge in [-0.2, -0.15) is 0 Å². The van der Waals surface area contributed by atoms with Crippen molar-refractivity contribution in [2.45, 2.75) is 183 Å². The van der Waals surface area contributed by atoms with Gasteiger partial charge in [-0.3, -0.25) is 0 Å². The molecule has 0 spiro atoms. The monoisotopic (exact) mass is 507 g/mol. The van der Waals surface area contributed by atoms with Gasteiger partial charge in [0.05, 0.1) is 6.61 Å². The van der Waals surface area contributed by atoms with Crippen LogP contribution in [0, 0.1) is 17.8 Å². The molecule has 0 radical (unpaired) electrons. The molecule has 0 aliphatic heterocycles. The van der Waals surface area contributed by atoms with Crippen molar-refractivity contribution in [3.63, 3.8) is 0 Å². The summed E-state index contributed by atoms with van der Waals surface area (Å²) in [5, 5.41) is 0. The zero-order chi connectivity index (χ0) is 26.7. The van der Waals surface area contributed by atoms with Crippen LogP contribution in [0.4, 0.5) is 0 Å². The highest BCUT2D eigenvalue weighted by molar-refractivity contribution is 4.97. The van der Waals surface area contributed by atoms with E-state index in [4.69, 9.17) is 4.74 Å². The lowest BCUT2D eigenvalue weighted by Crippen LogP contribution is -2.05. The molecule has 0 aromatic heterocycles. The van der Waals surface area contributed by atoms with Crippen LogP contribution in [0.1, 0.15) is 183 Å². The number of ether oxygens (including phenoxy) is 1. The molecule has 216 valence electrons. The average molecular weight is 507 g/mol. The molecule has 0 aromatic carbocycles. The van der Waals surface area contributed by atoms with E-state index in [1.807, 2.05) is 0 Å². The molecule has 1 nitrogen and oxygen atoms in total. The van der Waals surface area contributed by atoms with Gasteiger partial charge in [-0.15, -0.1) is 0 Å². The van der Waals surface area contributed by atoms with Crippen molar-refractivity contribution >= 4 is 0 Å². The van der Waals surface area contributed by atoms with Crippen molar-refractivity contribution in [1.29, 1.82) is 0 Å². The Kier molecular flexibility index (Phi) is 27.5. The van der Waals surface area contributed by atoms with Crippen LogP contribution in [0.15, 0.2) is 11.6 Å². The van der Waals surface area contributed by atoms with Crippen molar-refractivity contribution < 1.29 is 4.74 Å². The van der Waals surface area contributed by atoms with Crippen LogP contribution in [0.5, 0.6) is 0 Å². The third-order valence-electron chi connectivity index (χ3n) is 8.00. The smallest absolute Gasteiger partial charge is 0.0649 e. The highest BCUT2D eigenvalue weighted by Crippen LogP contribution is 2.23. The third-order valence-corrected chi connectivity index (χ3v) is 8.00. The van der Waals surface area contributed by atoms with Gasteiger partial charge >= 0.3 is 0 Å². The molecule has 1 heteroatoms. The molecule has 0 aromatic rings. The Hall–Kier alpha value is -0.300. The van der Waals surface area contributed by atoms with E-state index in [0.29, 0.717) is 0 Å². The molecule has 2 atom stereocenters. The van der Waals surface area contributed by atoms with Crippen molar-refractivity contribution in [1.82, 2.24) is 0 Å². The maximum atomic E-state index is 5.87. The molecule has 36 heavy (non-hydrogen) atoms. The maximum Gasteiger partial charge on any atom is 0.0649 e. The van der Waals surface area contributed by atoms with E-state index in [1.165, 1.54) is 147 Å². The molecule has 0 N–H and O–H groups in total. The first-order chi connectivity index (χ1) is 17.5. The molecular weight excluding hydrogens is 436 g/mol. The number of unbranched alkanes of at least 4 members (excludes halogenated alkanes) is 15. The molecule has 0 heterocycles. The van der Waals surface area contributed by atoms with Gasteiger partial charge in [0.2, 0.25) is 0 Å². The molecule has 0 aliphatic carbocycles. The summed E-state index contributed by atoms with van der Waals surface area (Å²) in [5.74, 6) is 2.68. The number of hydrogen-bond donors (Lipinski definition) is 0. The summed E-state index contributed by atoms with van der Waals surface area (Å²) < 4.78 is 5.87. The fourth-order valence-electron chi connectivity index (χ4n) is 5.40. The van der Waals surface area contributed by atoms with E-state index in [-0.39, 0.29) is 0 Å². The van der Waals surface area contributed by atoms with Gasteiger partial charge in [-0.05, 0) is 50.4 Å². The molecule has 0 rings (SSSR count). The van der Waals surface area contributed by atoms with Crippen LogP contribution < -0.4 is 0 Å². The van der Waals surface area contributed by atoms with Gasteiger partial charge in [-0.1, -0.05) is 162 Å². The fraction of sp³-hybridized carbons (Fsp3) is 0.943. The number of rotatable bonds is 28. The second-order valence-electron chi connectivity index (χ2n) is 12.7. The van der Waals surface area contributed by atoms with Gasteiger partial charge < -0.3 is 4.74 Å². The first-order valence-electron chi connectivity index (χ1n) is 16.7. The summed E-state index contributed by atoms with van der Waals surface area (Å²) in [4.78, 5) is 0. The van der Waals surface area contributed by atoms with Gasteiger partial charge in [0.25, 0.3) is 0 Å². The molecule has 0 aliphatic rings. The van der Waals surface area contributed by atoms with Crippen LogP contribution in [-0.4, -0.2) is 13.2 Å². The second-order valence-corrected chi connectivity index (χ2v) is 12.7. The number of hydrogen-bond acceptors (Lipinski definition) is 1. The Labute approximate surface area is 230 Å². The van der Waals surface area contributed by atoms with E-state index in [0.717, 1.165) is 31.0 Å². The first-order valence-corrected chi connectivity index (χ1v) is 16.7. The summed E-state index contributed by atoms with van der Waals surface area (Å²) >= 11 is 0. The minimum absolute atomic E-state index is 0.817. The van der Waals surface area contributed by atoms with Gasteiger partial charge in [-0.25, -0.2) is 0 Å². The van der Waals surface area contributed by atoms with Crippen molar-refractivity contribution in [3.8, 4) is 0 Å². The van der Waals surface area contributed by atoms with Gasteiger partial charge in [0.1, 0.15) is 0 Å². The van der Waals surface area contributed by atoms with Gasteiger partial charge in [0, 0.05) is 6.61 Å². The predicted octanol–water partition coefficient (Wildman–Crippen LogP) is 12.5. The topological polar surface area (TPSA) is 9.23 Å². The first kappa shape index (κ1) is 35.7. The molecule has 0 fully saturated rings. The van der Waals surface area contributed by atoms with Crippen LogP contribution in [0.25, 0.3) is 0 Å². The Bertz CT molecular complexity index is 452. The molecule has 0 saturated carbocycles. The Morgan fingerprint density at radius 3 is 1.67 bits per heavy atom. The minimum atomic E-state index is 0.817. The zero-order valence-corrected chi connectivity index (χ0v) is 26.2. The van der Waals surface area contributed by atoms with E-state index >= 15 is 0 Å². The van der Waals surface area contributed by atoms with E-state index in [1.54, 1.807) is 0 Å². The maximum absolute atomic E-state index is 5.87. The molecule has 0 bridgehead atoms. The normalized spacial score (nSPS) is 14.0.